The molecule has 6 rings (SSSR count). The van der Waals surface area contributed by atoms with Gasteiger partial charge in [0, 0.05) is 33.3 Å². The number of furan rings is 1. The highest BCUT2D eigenvalue weighted by atomic mass is 16.3. The van der Waals surface area contributed by atoms with Crippen molar-refractivity contribution in [3.63, 3.8) is 0 Å². The first-order chi connectivity index (χ1) is 18.4. The Balaban J connectivity index is 1.57. The Hall–Kier alpha value is -4.05. The van der Waals surface area contributed by atoms with Crippen molar-refractivity contribution in [2.75, 3.05) is 0 Å². The molecule has 0 unspecified atom stereocenters. The average Bonchev–Trinajstić information content (AvgIpc) is 3.25. The summed E-state index contributed by atoms with van der Waals surface area (Å²) in [6, 6.07) is 23.7. The molecule has 4 heterocycles. The van der Waals surface area contributed by atoms with Gasteiger partial charge in [0.1, 0.15) is 7.05 Å². The number of pyridine rings is 3. The van der Waals surface area contributed by atoms with E-state index in [0.717, 1.165) is 44.7 Å². The molecule has 0 atom stereocenters. The molecule has 196 valence electrons. The van der Waals surface area contributed by atoms with Crippen LogP contribution in [0.25, 0.3) is 55.5 Å². The summed E-state index contributed by atoms with van der Waals surface area (Å²) in [5, 5.41) is 4.51. The van der Waals surface area contributed by atoms with Gasteiger partial charge in [-0.3, -0.25) is 4.98 Å². The molecule has 0 saturated heterocycles. The van der Waals surface area contributed by atoms with Crippen molar-refractivity contribution in [2.45, 2.75) is 59.3 Å². The van der Waals surface area contributed by atoms with Crippen molar-refractivity contribution < 1.29 is 8.98 Å². The smallest absolute Gasteiger partial charge is 0.227 e. The molecule has 0 radical (unpaired) electrons. The van der Waals surface area contributed by atoms with Crippen LogP contribution in [0.2, 0.25) is 0 Å². The van der Waals surface area contributed by atoms with Gasteiger partial charge in [-0.2, -0.15) is 0 Å². The third-order valence-electron chi connectivity index (χ3n) is 7.69. The van der Waals surface area contributed by atoms with Crippen LogP contribution in [0.15, 0.2) is 77.3 Å². The fourth-order valence-electron chi connectivity index (χ4n) is 5.29. The lowest BCUT2D eigenvalue weighted by Gasteiger charge is -2.25. The summed E-state index contributed by atoms with van der Waals surface area (Å²) in [4.78, 5) is 10.1. The van der Waals surface area contributed by atoms with Gasteiger partial charge in [-0.25, -0.2) is 9.55 Å². The highest BCUT2D eigenvalue weighted by Crippen LogP contribution is 2.38. The van der Waals surface area contributed by atoms with Crippen LogP contribution in [-0.4, -0.2) is 9.97 Å². The predicted octanol–water partition coefficient (Wildman–Crippen LogP) is 8.59. The number of aromatic nitrogens is 3. The Morgan fingerprint density at radius 3 is 2.15 bits per heavy atom. The molecule has 2 aromatic carbocycles. The van der Waals surface area contributed by atoms with Gasteiger partial charge in [-0.15, -0.1) is 0 Å². The van der Waals surface area contributed by atoms with E-state index in [0.29, 0.717) is 5.71 Å². The Kier molecular flexibility index (Phi) is 5.65. The van der Waals surface area contributed by atoms with Gasteiger partial charge < -0.3 is 4.42 Å². The lowest BCUT2D eigenvalue weighted by Crippen LogP contribution is -2.30. The molecule has 0 N–H and O–H groups in total. The fraction of sp³-hybridized carbons (Fsp3) is 0.286. The quantitative estimate of drug-likeness (QED) is 0.217. The second-order valence-electron chi connectivity index (χ2n) is 12.8. The number of fused-ring (bicyclic) bond motifs is 4. The number of hydrogen-bond acceptors (Lipinski definition) is 3. The molecule has 0 spiro atoms. The Bertz CT molecular complexity index is 1870. The van der Waals surface area contributed by atoms with Gasteiger partial charge in [-0.1, -0.05) is 71.9 Å². The van der Waals surface area contributed by atoms with Crippen LogP contribution >= 0.6 is 0 Å². The molecule has 4 nitrogen and oxygen atoms in total. The van der Waals surface area contributed by atoms with Gasteiger partial charge >= 0.3 is 0 Å². The summed E-state index contributed by atoms with van der Waals surface area (Å²) in [6.07, 6.45) is 2.18. The monoisotopic (exact) mass is 514 g/mol. The molecule has 0 aliphatic heterocycles. The van der Waals surface area contributed by atoms with E-state index in [4.69, 9.17) is 14.4 Å². The lowest BCUT2D eigenvalue weighted by molar-refractivity contribution is -0.659. The fourth-order valence-corrected chi connectivity index (χ4v) is 5.29. The van der Waals surface area contributed by atoms with Gasteiger partial charge in [0.25, 0.3) is 0 Å². The minimum absolute atomic E-state index is 0.00294. The number of benzene rings is 2. The summed E-state index contributed by atoms with van der Waals surface area (Å²) in [5.41, 5.74) is 8.86. The van der Waals surface area contributed by atoms with E-state index in [1.165, 1.54) is 21.9 Å². The van der Waals surface area contributed by atoms with Crippen molar-refractivity contribution in [3.05, 3.63) is 89.7 Å². The minimum Gasteiger partial charge on any atom is -0.437 e. The van der Waals surface area contributed by atoms with Gasteiger partial charge in [0.05, 0.1) is 17.0 Å². The van der Waals surface area contributed by atoms with E-state index in [1.54, 1.807) is 0 Å². The van der Waals surface area contributed by atoms with Gasteiger partial charge in [0.2, 0.25) is 11.4 Å². The summed E-state index contributed by atoms with van der Waals surface area (Å²) >= 11 is 0. The number of aryl methyl sites for hydroxylation is 2. The molecule has 0 aliphatic rings. The van der Waals surface area contributed by atoms with Gasteiger partial charge in [-0.05, 0) is 59.2 Å². The normalized spacial score (nSPS) is 12.6. The SMILES string of the molecule is Cc1ccc2c(oc3nc(-c4cc(C(C)(C)C)cc(C(C)(C)C)n4)ccc32)c1-c1cc2ccccc2c[n+]1C. The highest BCUT2D eigenvalue weighted by Gasteiger charge is 2.24. The molecule has 4 heteroatoms. The summed E-state index contributed by atoms with van der Waals surface area (Å²) < 4.78 is 8.78. The van der Waals surface area contributed by atoms with Crippen LogP contribution in [0.5, 0.6) is 0 Å². The van der Waals surface area contributed by atoms with Crippen LogP contribution in [0.4, 0.5) is 0 Å². The predicted molar refractivity (Wildman–Crippen MR) is 161 cm³/mol. The maximum Gasteiger partial charge on any atom is 0.227 e. The number of nitrogens with zero attached hydrogens (tertiary/aromatic N) is 3. The standard InChI is InChI=1S/C35H36N3O/c1-21-13-14-25-26-15-16-27(28-18-24(34(2,3)4)19-30(36-28)35(5,6)7)37-33(26)39-32(25)31(21)29-17-22-11-9-10-12-23(22)20-38(29)8/h9-20H,1-8H3/q+1. The van der Waals surface area contributed by atoms with Crippen molar-refractivity contribution in [1.29, 1.82) is 0 Å². The van der Waals surface area contributed by atoms with E-state index in [-0.39, 0.29) is 10.8 Å². The zero-order chi connectivity index (χ0) is 27.7. The second-order valence-corrected chi connectivity index (χ2v) is 12.8. The van der Waals surface area contributed by atoms with E-state index in [2.05, 4.69) is 133 Å². The minimum atomic E-state index is -0.0682. The van der Waals surface area contributed by atoms with E-state index in [9.17, 15) is 0 Å². The van der Waals surface area contributed by atoms with Crippen molar-refractivity contribution >= 4 is 32.8 Å². The second kappa shape index (κ2) is 8.74. The van der Waals surface area contributed by atoms with Crippen LogP contribution < -0.4 is 4.57 Å². The Labute approximate surface area is 230 Å². The molecular weight excluding hydrogens is 478 g/mol. The molecule has 39 heavy (non-hydrogen) atoms. The number of rotatable bonds is 2. The Morgan fingerprint density at radius 2 is 1.44 bits per heavy atom. The third kappa shape index (κ3) is 4.38. The van der Waals surface area contributed by atoms with E-state index in [1.807, 2.05) is 0 Å². The van der Waals surface area contributed by atoms with E-state index >= 15 is 0 Å². The first-order valence-electron chi connectivity index (χ1n) is 13.7. The van der Waals surface area contributed by atoms with Crippen LogP contribution in [0.3, 0.4) is 0 Å². The average molecular weight is 515 g/mol. The molecular formula is C35H36N3O+. The molecule has 0 aliphatic carbocycles. The maximum absolute atomic E-state index is 6.59. The lowest BCUT2D eigenvalue weighted by atomic mass is 9.83. The summed E-state index contributed by atoms with van der Waals surface area (Å²) in [6.45, 7) is 15.5. The van der Waals surface area contributed by atoms with Crippen LogP contribution in [0, 0.1) is 6.92 Å². The first-order valence-corrected chi connectivity index (χ1v) is 13.7. The van der Waals surface area contributed by atoms with Crippen LogP contribution in [-0.2, 0) is 17.9 Å². The Morgan fingerprint density at radius 1 is 0.718 bits per heavy atom. The molecule has 0 bridgehead atoms. The molecule has 4 aromatic heterocycles. The topological polar surface area (TPSA) is 42.8 Å². The van der Waals surface area contributed by atoms with Gasteiger partial charge in [0.15, 0.2) is 11.8 Å². The summed E-state index contributed by atoms with van der Waals surface area (Å²) in [7, 11) is 2.10. The highest BCUT2D eigenvalue weighted by molar-refractivity contribution is 6.09. The molecule has 0 fully saturated rings. The number of hydrogen-bond donors (Lipinski definition) is 0. The largest absolute Gasteiger partial charge is 0.437 e. The first kappa shape index (κ1) is 25.2. The zero-order valence-corrected chi connectivity index (χ0v) is 24.2. The molecule has 0 saturated carbocycles. The zero-order valence-electron chi connectivity index (χ0n) is 24.2. The van der Waals surface area contributed by atoms with Crippen LogP contribution in [0.1, 0.15) is 58.4 Å². The summed E-state index contributed by atoms with van der Waals surface area (Å²) in [5.74, 6) is 0. The molecule has 6 aromatic rings. The van der Waals surface area contributed by atoms with Crippen molar-refractivity contribution in [2.24, 2.45) is 7.05 Å². The maximum atomic E-state index is 6.59. The van der Waals surface area contributed by atoms with Crippen molar-refractivity contribution in [3.8, 4) is 22.6 Å². The molecule has 0 amide bonds. The third-order valence-corrected chi connectivity index (χ3v) is 7.69. The van der Waals surface area contributed by atoms with Crippen molar-refractivity contribution in [1.82, 2.24) is 9.97 Å². The van der Waals surface area contributed by atoms with E-state index < -0.39 is 0 Å².